The quantitative estimate of drug-likeness (QED) is 0.424. The molecule has 0 aliphatic rings. The molecule has 1 aromatic heterocycles. The Morgan fingerprint density at radius 1 is 1.32 bits per heavy atom. The fraction of sp³-hybridized carbons (Fsp3) is 0.294. The first-order valence-corrected chi connectivity index (χ1v) is 7.74. The molecule has 1 N–H and O–H groups in total. The van der Waals surface area contributed by atoms with Crippen molar-refractivity contribution in [3.05, 3.63) is 58.0 Å². The summed E-state index contributed by atoms with van der Waals surface area (Å²) in [4.78, 5) is 34.2. The number of nitrogens with one attached hydrogen (secondary N) is 1. The second-order valence-electron chi connectivity index (χ2n) is 5.26. The van der Waals surface area contributed by atoms with Crippen LogP contribution < -0.4 is 10.1 Å². The topological polar surface area (TPSA) is 112 Å². The van der Waals surface area contributed by atoms with Crippen LogP contribution in [-0.4, -0.2) is 23.2 Å². The van der Waals surface area contributed by atoms with Gasteiger partial charge in [0.15, 0.2) is 18.1 Å². The van der Waals surface area contributed by atoms with Crippen molar-refractivity contribution in [2.75, 3.05) is 6.61 Å². The Labute approximate surface area is 143 Å². The third-order valence-corrected chi connectivity index (χ3v) is 3.35. The van der Waals surface area contributed by atoms with Gasteiger partial charge in [0.2, 0.25) is 0 Å². The first-order valence-electron chi connectivity index (χ1n) is 7.74. The highest BCUT2D eigenvalue weighted by molar-refractivity contribution is 5.96. The maximum atomic E-state index is 11.9. The number of nitrogens with zero attached hydrogens (tertiary/aromatic N) is 1. The number of nitro benzene ring substituents is 1. The molecule has 1 heterocycles. The van der Waals surface area contributed by atoms with Gasteiger partial charge < -0.3 is 14.5 Å². The maximum absolute atomic E-state index is 11.9. The predicted molar refractivity (Wildman–Crippen MR) is 88.4 cm³/mol. The van der Waals surface area contributed by atoms with E-state index < -0.39 is 10.8 Å². The number of hydrogen-bond donors (Lipinski definition) is 1. The molecule has 0 unspecified atom stereocenters. The van der Waals surface area contributed by atoms with Crippen LogP contribution in [0.5, 0.6) is 5.75 Å². The molecule has 8 heteroatoms. The van der Waals surface area contributed by atoms with Crippen LogP contribution >= 0.6 is 0 Å². The number of Topliss-reactive ketones (excluding diaryl/α,β-unsaturated/α-hetero) is 1. The van der Waals surface area contributed by atoms with E-state index in [1.165, 1.54) is 24.5 Å². The van der Waals surface area contributed by atoms with Crippen molar-refractivity contribution >= 4 is 17.4 Å². The van der Waals surface area contributed by atoms with Crippen molar-refractivity contribution in [3.8, 4) is 5.75 Å². The fourth-order valence-electron chi connectivity index (χ4n) is 2.12. The van der Waals surface area contributed by atoms with E-state index in [-0.39, 0.29) is 35.9 Å². The molecule has 0 aliphatic heterocycles. The zero-order valence-electron chi connectivity index (χ0n) is 13.7. The lowest BCUT2D eigenvalue weighted by atomic mass is 10.1. The van der Waals surface area contributed by atoms with Crippen molar-refractivity contribution in [2.45, 2.75) is 26.3 Å². The molecule has 132 valence electrons. The number of amides is 1. The normalized spacial score (nSPS) is 10.3. The van der Waals surface area contributed by atoms with Crippen LogP contribution in [0.1, 0.15) is 35.9 Å². The van der Waals surface area contributed by atoms with Crippen molar-refractivity contribution in [1.82, 2.24) is 5.32 Å². The molecular formula is C17H18N2O6. The molecule has 0 aliphatic carbocycles. The minimum Gasteiger partial charge on any atom is -0.477 e. The zero-order chi connectivity index (χ0) is 18.2. The second-order valence-corrected chi connectivity index (χ2v) is 5.26. The van der Waals surface area contributed by atoms with Crippen molar-refractivity contribution in [1.29, 1.82) is 0 Å². The summed E-state index contributed by atoms with van der Waals surface area (Å²) >= 11 is 0. The van der Waals surface area contributed by atoms with Crippen LogP contribution in [-0.2, 0) is 11.3 Å². The van der Waals surface area contributed by atoms with Gasteiger partial charge in [-0.25, -0.2) is 0 Å². The van der Waals surface area contributed by atoms with Crippen molar-refractivity contribution in [2.24, 2.45) is 0 Å². The Morgan fingerprint density at radius 3 is 2.76 bits per heavy atom. The monoisotopic (exact) mass is 346 g/mol. The first kappa shape index (κ1) is 18.2. The van der Waals surface area contributed by atoms with Crippen LogP contribution in [0.3, 0.4) is 0 Å². The fourth-order valence-corrected chi connectivity index (χ4v) is 2.12. The molecule has 0 saturated heterocycles. The summed E-state index contributed by atoms with van der Waals surface area (Å²) in [5.41, 5.74) is -0.0936. The molecule has 1 amide bonds. The minimum absolute atomic E-state index is 0.0637. The van der Waals surface area contributed by atoms with E-state index in [1.807, 2.05) is 6.92 Å². The van der Waals surface area contributed by atoms with Crippen LogP contribution in [0.15, 0.2) is 41.0 Å². The third kappa shape index (κ3) is 5.17. The summed E-state index contributed by atoms with van der Waals surface area (Å²) in [7, 11) is 0. The molecule has 0 spiro atoms. The van der Waals surface area contributed by atoms with Gasteiger partial charge in [0.25, 0.3) is 5.91 Å². The zero-order valence-corrected chi connectivity index (χ0v) is 13.7. The predicted octanol–water partition coefficient (Wildman–Crippen LogP) is 2.87. The highest BCUT2D eigenvalue weighted by Crippen LogP contribution is 2.28. The Kier molecular flexibility index (Phi) is 6.27. The standard InChI is InChI=1S/C17H18N2O6/c1-2-4-15(20)12-6-7-16(14(9-12)19(22)23)25-11-17(21)18-10-13-5-3-8-24-13/h3,5-9H,2,4,10-11H2,1H3,(H,18,21). The number of benzene rings is 1. The van der Waals surface area contributed by atoms with Gasteiger partial charge in [-0.05, 0) is 30.7 Å². The van der Waals surface area contributed by atoms with E-state index in [0.29, 0.717) is 18.6 Å². The first-order chi connectivity index (χ1) is 12.0. The van der Waals surface area contributed by atoms with Gasteiger partial charge in [-0.15, -0.1) is 0 Å². The van der Waals surface area contributed by atoms with E-state index in [1.54, 1.807) is 12.1 Å². The Hall–Kier alpha value is -3.16. The number of carbonyl (C=O) groups is 2. The maximum Gasteiger partial charge on any atom is 0.311 e. The van der Waals surface area contributed by atoms with Gasteiger partial charge in [-0.3, -0.25) is 19.7 Å². The van der Waals surface area contributed by atoms with Gasteiger partial charge in [-0.2, -0.15) is 0 Å². The number of rotatable bonds is 9. The van der Waals surface area contributed by atoms with Crippen LogP contribution in [0.25, 0.3) is 0 Å². The number of furan rings is 1. The van der Waals surface area contributed by atoms with Gasteiger partial charge in [0.05, 0.1) is 17.7 Å². The Morgan fingerprint density at radius 2 is 2.12 bits per heavy atom. The molecule has 8 nitrogen and oxygen atoms in total. The molecular weight excluding hydrogens is 328 g/mol. The van der Waals surface area contributed by atoms with Crippen LogP contribution in [0.4, 0.5) is 5.69 Å². The highest BCUT2D eigenvalue weighted by atomic mass is 16.6. The van der Waals surface area contributed by atoms with Gasteiger partial charge in [-0.1, -0.05) is 6.92 Å². The molecule has 0 bridgehead atoms. The van der Waals surface area contributed by atoms with E-state index >= 15 is 0 Å². The molecule has 2 aromatic rings. The van der Waals surface area contributed by atoms with E-state index in [2.05, 4.69) is 5.32 Å². The molecule has 0 saturated carbocycles. The second kappa shape index (κ2) is 8.62. The lowest BCUT2D eigenvalue weighted by molar-refractivity contribution is -0.385. The highest BCUT2D eigenvalue weighted by Gasteiger charge is 2.19. The number of ketones is 1. The average Bonchev–Trinajstić information content (AvgIpc) is 3.11. The summed E-state index contributed by atoms with van der Waals surface area (Å²) in [6.45, 7) is 1.66. The number of hydrogen-bond acceptors (Lipinski definition) is 6. The van der Waals surface area contributed by atoms with Crippen LogP contribution in [0.2, 0.25) is 0 Å². The van der Waals surface area contributed by atoms with Gasteiger partial charge in [0, 0.05) is 18.1 Å². The summed E-state index contributed by atoms with van der Waals surface area (Å²) in [6.07, 6.45) is 2.45. The number of carbonyl (C=O) groups excluding carboxylic acids is 2. The van der Waals surface area contributed by atoms with E-state index in [4.69, 9.17) is 9.15 Å². The minimum atomic E-state index is -0.640. The van der Waals surface area contributed by atoms with Crippen LogP contribution in [0, 0.1) is 10.1 Å². The van der Waals surface area contributed by atoms with Crippen molar-refractivity contribution in [3.63, 3.8) is 0 Å². The lowest BCUT2D eigenvalue weighted by Gasteiger charge is -2.08. The van der Waals surface area contributed by atoms with E-state index in [9.17, 15) is 19.7 Å². The largest absolute Gasteiger partial charge is 0.477 e. The SMILES string of the molecule is CCCC(=O)c1ccc(OCC(=O)NCc2ccco2)c([N+](=O)[O-])c1. The molecule has 25 heavy (non-hydrogen) atoms. The summed E-state index contributed by atoms with van der Waals surface area (Å²) in [6, 6.07) is 7.37. The Balaban J connectivity index is 1.99. The lowest BCUT2D eigenvalue weighted by Crippen LogP contribution is -2.28. The molecule has 2 rings (SSSR count). The average molecular weight is 346 g/mol. The molecule has 0 fully saturated rings. The molecule has 1 aromatic carbocycles. The molecule has 0 radical (unpaired) electrons. The Bertz CT molecular complexity index is 755. The van der Waals surface area contributed by atoms with E-state index in [0.717, 1.165) is 0 Å². The number of ether oxygens (including phenoxy) is 1. The molecule has 0 atom stereocenters. The van der Waals surface area contributed by atoms with Crippen molar-refractivity contribution < 1.29 is 23.7 Å². The summed E-state index contributed by atoms with van der Waals surface area (Å²) < 4.78 is 10.3. The number of nitro groups is 1. The van der Waals surface area contributed by atoms with Gasteiger partial charge in [0.1, 0.15) is 5.76 Å². The smallest absolute Gasteiger partial charge is 0.311 e. The summed E-state index contributed by atoms with van der Waals surface area (Å²) in [5.74, 6) is -0.102. The van der Waals surface area contributed by atoms with Gasteiger partial charge >= 0.3 is 5.69 Å². The third-order valence-electron chi connectivity index (χ3n) is 3.35. The summed E-state index contributed by atoms with van der Waals surface area (Å²) in [5, 5.41) is 13.8.